The summed E-state index contributed by atoms with van der Waals surface area (Å²) in [5.74, 6) is 0. The Balaban J connectivity index is 0.994. The number of rotatable bonds is 6. The van der Waals surface area contributed by atoms with Crippen molar-refractivity contribution >= 4 is 22.7 Å². The van der Waals surface area contributed by atoms with Gasteiger partial charge >= 0.3 is 0 Å². The van der Waals surface area contributed by atoms with Gasteiger partial charge in [-0.15, -0.1) is 0 Å². The summed E-state index contributed by atoms with van der Waals surface area (Å²) in [5, 5.41) is 0. The van der Waals surface area contributed by atoms with Crippen molar-refractivity contribution in [2.24, 2.45) is 0 Å². The zero-order chi connectivity index (χ0) is 48.0. The van der Waals surface area contributed by atoms with Crippen LogP contribution in [0, 0.1) is 0 Å². The van der Waals surface area contributed by atoms with Crippen molar-refractivity contribution in [1.82, 2.24) is 0 Å². The summed E-state index contributed by atoms with van der Waals surface area (Å²) in [5.41, 5.74) is 21.0. The normalized spacial score (nSPS) is 25.1. The van der Waals surface area contributed by atoms with E-state index >= 15 is 0 Å². The van der Waals surface area contributed by atoms with E-state index < -0.39 is 5.41 Å². The molecule has 2 heteroatoms. The molecule has 5 aliphatic rings. The maximum atomic E-state index is 2.72. The first kappa shape index (κ1) is 44.3. The molecule has 2 fully saturated rings. The highest BCUT2D eigenvalue weighted by atomic mass is 15.3. The smallest absolute Gasteiger partial charge is 0.0713 e. The van der Waals surface area contributed by atoms with Gasteiger partial charge in [-0.05, 0) is 167 Å². The lowest BCUT2D eigenvalue weighted by Gasteiger charge is -2.48. The van der Waals surface area contributed by atoms with Crippen molar-refractivity contribution in [3.63, 3.8) is 0 Å². The average Bonchev–Trinajstić information content (AvgIpc) is 3.88. The first-order valence-electron chi connectivity index (χ1n) is 27.1. The lowest BCUT2D eigenvalue weighted by molar-refractivity contribution is 0.218. The molecule has 4 unspecified atom stereocenters. The van der Waals surface area contributed by atoms with E-state index in [1.165, 1.54) is 167 Å². The minimum Gasteiger partial charge on any atom is -0.334 e. The molecule has 8 aromatic rings. The predicted octanol–water partition coefficient (Wildman–Crippen LogP) is 18.4. The second-order valence-electron chi connectivity index (χ2n) is 22.8. The summed E-state index contributed by atoms with van der Waals surface area (Å²) in [6, 6.07) is 75.0. The van der Waals surface area contributed by atoms with E-state index in [9.17, 15) is 0 Å². The van der Waals surface area contributed by atoms with Gasteiger partial charge in [0.1, 0.15) is 0 Å². The molecule has 0 bridgehead atoms. The monoisotopic (exact) mass is 925 g/mol. The van der Waals surface area contributed by atoms with Crippen LogP contribution >= 0.6 is 0 Å². The summed E-state index contributed by atoms with van der Waals surface area (Å²) in [6.07, 6.45) is 15.1. The van der Waals surface area contributed by atoms with E-state index in [1.807, 2.05) is 0 Å². The van der Waals surface area contributed by atoms with Crippen LogP contribution in [0.3, 0.4) is 0 Å². The Bertz CT molecular complexity index is 3060. The second-order valence-corrected chi connectivity index (χ2v) is 22.8. The minimum absolute atomic E-state index is 0.0150. The van der Waals surface area contributed by atoms with Gasteiger partial charge in [-0.3, -0.25) is 0 Å². The maximum absolute atomic E-state index is 2.72. The van der Waals surface area contributed by atoms with Gasteiger partial charge in [0.2, 0.25) is 0 Å². The summed E-state index contributed by atoms with van der Waals surface area (Å²) < 4.78 is 0. The molecule has 2 aliphatic heterocycles. The van der Waals surface area contributed by atoms with Crippen LogP contribution in [-0.2, 0) is 16.2 Å². The number of para-hydroxylation sites is 2. The Hall–Kier alpha value is -6.64. The molecule has 3 aliphatic carbocycles. The molecule has 2 saturated carbocycles. The van der Waals surface area contributed by atoms with Crippen molar-refractivity contribution in [3.8, 4) is 33.4 Å². The van der Waals surface area contributed by atoms with Gasteiger partial charge in [-0.2, -0.15) is 0 Å². The van der Waals surface area contributed by atoms with Crippen LogP contribution in [0.1, 0.15) is 138 Å². The first-order valence-corrected chi connectivity index (χ1v) is 27.1. The molecule has 0 amide bonds. The van der Waals surface area contributed by atoms with E-state index in [4.69, 9.17) is 0 Å². The van der Waals surface area contributed by atoms with Gasteiger partial charge < -0.3 is 9.80 Å². The van der Waals surface area contributed by atoms with Crippen LogP contribution < -0.4 is 9.80 Å². The summed E-state index contributed by atoms with van der Waals surface area (Å²) in [7, 11) is 0. The molecular weight excluding hydrogens is 857 g/mol. The third-order valence-corrected chi connectivity index (χ3v) is 19.5. The average molecular weight is 925 g/mol. The van der Waals surface area contributed by atoms with Gasteiger partial charge in [-0.1, -0.05) is 199 Å². The van der Waals surface area contributed by atoms with Gasteiger partial charge in [0.05, 0.1) is 16.5 Å². The molecule has 2 heterocycles. The molecule has 4 atom stereocenters. The number of nitrogens with zero attached hydrogens (tertiary/aromatic N) is 2. The van der Waals surface area contributed by atoms with Gasteiger partial charge in [0, 0.05) is 33.6 Å². The molecule has 0 radical (unpaired) electrons. The first-order chi connectivity index (χ1) is 34.7. The molecule has 354 valence electrons. The predicted molar refractivity (Wildman–Crippen MR) is 299 cm³/mol. The van der Waals surface area contributed by atoms with E-state index in [2.05, 4.69) is 232 Å². The van der Waals surface area contributed by atoms with Crippen LogP contribution in [0.25, 0.3) is 33.4 Å². The summed E-state index contributed by atoms with van der Waals surface area (Å²) >= 11 is 0. The van der Waals surface area contributed by atoms with E-state index in [0.29, 0.717) is 0 Å². The third kappa shape index (κ3) is 6.38. The Morgan fingerprint density at radius 1 is 0.310 bits per heavy atom. The Kier molecular flexibility index (Phi) is 10.4. The lowest BCUT2D eigenvalue weighted by atomic mass is 9.63. The van der Waals surface area contributed by atoms with Crippen LogP contribution in [0.2, 0.25) is 0 Å². The maximum Gasteiger partial charge on any atom is 0.0713 e. The highest BCUT2D eigenvalue weighted by molar-refractivity contribution is 5.92. The van der Waals surface area contributed by atoms with E-state index in [0.717, 1.165) is 0 Å². The van der Waals surface area contributed by atoms with Crippen molar-refractivity contribution in [2.45, 2.75) is 132 Å². The molecular formula is C69H68N2. The number of hydrogen-bond acceptors (Lipinski definition) is 2. The fourth-order valence-electron chi connectivity index (χ4n) is 15.4. The van der Waals surface area contributed by atoms with Gasteiger partial charge in [-0.25, -0.2) is 0 Å². The molecule has 0 spiro atoms. The zero-order valence-corrected chi connectivity index (χ0v) is 42.4. The number of anilines is 4. The lowest BCUT2D eigenvalue weighted by Crippen LogP contribution is -2.53. The van der Waals surface area contributed by atoms with E-state index in [-0.39, 0.29) is 21.9 Å². The summed E-state index contributed by atoms with van der Waals surface area (Å²) in [4.78, 5) is 5.45. The molecule has 2 nitrogen and oxygen atoms in total. The number of benzene rings is 8. The SMILES string of the molecule is CC12CCCCCCC1(C)N(c1ccccc1)c1ccc(-c3ccc4c(c3)-c3cc(-c5ccc6c(c5)C5(C)CCCCCCC5(C)N6c5ccccc5)ccc3C4(c3ccccc3)c3ccccc3)cc12. The highest BCUT2D eigenvalue weighted by Gasteiger charge is 2.58. The van der Waals surface area contributed by atoms with Crippen LogP contribution in [0.4, 0.5) is 22.7 Å². The second kappa shape index (κ2) is 16.7. The minimum atomic E-state index is -0.477. The Labute approximate surface area is 423 Å². The Morgan fingerprint density at radius 3 is 1.04 bits per heavy atom. The Morgan fingerprint density at radius 2 is 0.648 bits per heavy atom. The van der Waals surface area contributed by atoms with Gasteiger partial charge in [0.25, 0.3) is 0 Å². The number of fused-ring (bicyclic) bond motifs is 9. The standard InChI is InChI=1S/C69H68N2/c1-65-41-21-5-7-23-43-67(65,3)70(55-29-17-11-18-30-55)63-39-35-51(47-61(63)65)49-33-37-59-57(45-49)58-46-50(34-38-60(58)69(59,53-25-13-9-14-26-53)54-27-15-10-16-28-54)52-36-40-64-62(48-52)66(2)42-22-6-8-24-44-68(66,4)71(64)56-31-19-12-20-32-56/h9-20,25-40,45-48H,5-8,21-24,41-44H2,1-4H3. The topological polar surface area (TPSA) is 6.48 Å². The van der Waals surface area contributed by atoms with Crippen LogP contribution in [-0.4, -0.2) is 11.1 Å². The van der Waals surface area contributed by atoms with Crippen LogP contribution in [0.5, 0.6) is 0 Å². The number of hydrogen-bond donors (Lipinski definition) is 0. The molecule has 0 saturated heterocycles. The van der Waals surface area contributed by atoms with Crippen molar-refractivity contribution in [3.05, 3.63) is 228 Å². The summed E-state index contributed by atoms with van der Waals surface area (Å²) in [6.45, 7) is 10.3. The molecule has 13 rings (SSSR count). The van der Waals surface area contributed by atoms with Gasteiger partial charge in [0.15, 0.2) is 0 Å². The van der Waals surface area contributed by atoms with Crippen molar-refractivity contribution < 1.29 is 0 Å². The molecule has 71 heavy (non-hydrogen) atoms. The van der Waals surface area contributed by atoms with E-state index in [1.54, 1.807) is 0 Å². The van der Waals surface area contributed by atoms with Crippen molar-refractivity contribution in [1.29, 1.82) is 0 Å². The quantitative estimate of drug-likeness (QED) is 0.164. The molecule has 8 aromatic carbocycles. The van der Waals surface area contributed by atoms with Crippen LogP contribution in [0.15, 0.2) is 194 Å². The van der Waals surface area contributed by atoms with Crippen molar-refractivity contribution in [2.75, 3.05) is 9.80 Å². The largest absolute Gasteiger partial charge is 0.334 e. The fraction of sp³-hybridized carbons (Fsp3) is 0.304. The zero-order valence-electron chi connectivity index (χ0n) is 42.4. The highest BCUT2D eigenvalue weighted by Crippen LogP contribution is 2.63. The third-order valence-electron chi connectivity index (χ3n) is 19.5. The molecule has 0 N–H and O–H groups in total. The fourth-order valence-corrected chi connectivity index (χ4v) is 15.4. The molecule has 0 aromatic heterocycles.